The van der Waals surface area contributed by atoms with E-state index < -0.39 is 0 Å². The SMILES string of the molecule is COc1ccc(Oc2ccc(N3C(=S)N[C@@H](c4ccccn4)[C@H]3c3cc(C)n(-c4ccc(Cl)cc4Cl)c3C)cc2)cc1. The van der Waals surface area contributed by atoms with Crippen molar-refractivity contribution in [2.24, 2.45) is 0 Å². The van der Waals surface area contributed by atoms with E-state index in [0.29, 0.717) is 15.2 Å². The van der Waals surface area contributed by atoms with Crippen molar-refractivity contribution in [3.63, 3.8) is 0 Å². The van der Waals surface area contributed by atoms with Crippen LogP contribution in [0.15, 0.2) is 97.2 Å². The molecule has 5 aromatic rings. The smallest absolute Gasteiger partial charge is 0.174 e. The maximum absolute atomic E-state index is 6.66. The Morgan fingerprint density at radius 1 is 0.857 bits per heavy atom. The Labute approximate surface area is 260 Å². The van der Waals surface area contributed by atoms with Crippen LogP contribution in [0.4, 0.5) is 5.69 Å². The fraction of sp³-hybridized carbons (Fsp3) is 0.152. The van der Waals surface area contributed by atoms with Crippen LogP contribution in [0.1, 0.15) is 34.7 Å². The number of thiocarbonyl (C=S) groups is 1. The third-order valence-electron chi connectivity index (χ3n) is 7.45. The van der Waals surface area contributed by atoms with E-state index in [0.717, 1.165) is 51.3 Å². The van der Waals surface area contributed by atoms with E-state index in [1.54, 1.807) is 13.2 Å². The number of benzene rings is 3. The van der Waals surface area contributed by atoms with E-state index in [-0.39, 0.29) is 12.1 Å². The molecule has 212 valence electrons. The third-order valence-corrected chi connectivity index (χ3v) is 8.30. The first-order chi connectivity index (χ1) is 20.3. The quantitative estimate of drug-likeness (QED) is 0.185. The molecule has 0 saturated carbocycles. The van der Waals surface area contributed by atoms with E-state index in [4.69, 9.17) is 49.9 Å². The summed E-state index contributed by atoms with van der Waals surface area (Å²) in [5, 5.41) is 5.35. The summed E-state index contributed by atoms with van der Waals surface area (Å²) in [5.74, 6) is 2.22. The van der Waals surface area contributed by atoms with Crippen molar-refractivity contribution in [2.75, 3.05) is 12.0 Å². The number of methoxy groups -OCH3 is 1. The number of aromatic nitrogens is 2. The highest BCUT2D eigenvalue weighted by atomic mass is 35.5. The van der Waals surface area contributed by atoms with Crippen LogP contribution < -0.4 is 19.7 Å². The number of nitrogens with zero attached hydrogens (tertiary/aromatic N) is 3. The fourth-order valence-corrected chi connectivity index (χ4v) is 6.36. The van der Waals surface area contributed by atoms with Gasteiger partial charge in [-0.2, -0.15) is 0 Å². The van der Waals surface area contributed by atoms with E-state index in [2.05, 4.69) is 34.7 Å². The molecule has 1 saturated heterocycles. The molecule has 1 aliphatic heterocycles. The summed E-state index contributed by atoms with van der Waals surface area (Å²) in [7, 11) is 1.64. The van der Waals surface area contributed by atoms with Gasteiger partial charge in [0, 0.05) is 28.3 Å². The second-order valence-electron chi connectivity index (χ2n) is 10.0. The van der Waals surface area contributed by atoms with Crippen molar-refractivity contribution >= 4 is 46.2 Å². The minimum Gasteiger partial charge on any atom is -0.497 e. The number of pyridine rings is 1. The van der Waals surface area contributed by atoms with Crippen molar-refractivity contribution in [1.82, 2.24) is 14.9 Å². The van der Waals surface area contributed by atoms with Crippen LogP contribution in [0.25, 0.3) is 5.69 Å². The molecule has 0 spiro atoms. The average molecular weight is 616 g/mol. The molecule has 42 heavy (non-hydrogen) atoms. The molecule has 0 unspecified atom stereocenters. The van der Waals surface area contributed by atoms with Gasteiger partial charge in [-0.25, -0.2) is 0 Å². The summed E-state index contributed by atoms with van der Waals surface area (Å²) in [6, 6.07) is 28.8. The van der Waals surface area contributed by atoms with Crippen LogP contribution in [0.3, 0.4) is 0 Å². The number of nitrogens with one attached hydrogen (secondary N) is 1. The van der Waals surface area contributed by atoms with Crippen molar-refractivity contribution in [2.45, 2.75) is 25.9 Å². The first-order valence-corrected chi connectivity index (χ1v) is 14.6. The molecule has 6 nitrogen and oxygen atoms in total. The molecular formula is C33H28Cl2N4O2S. The molecule has 1 aliphatic rings. The van der Waals surface area contributed by atoms with Gasteiger partial charge in [-0.15, -0.1) is 0 Å². The Morgan fingerprint density at radius 2 is 1.55 bits per heavy atom. The Morgan fingerprint density at radius 3 is 2.19 bits per heavy atom. The molecule has 0 amide bonds. The lowest BCUT2D eigenvalue weighted by Crippen LogP contribution is -2.29. The first-order valence-electron chi connectivity index (χ1n) is 13.4. The second-order valence-corrected chi connectivity index (χ2v) is 11.3. The summed E-state index contributed by atoms with van der Waals surface area (Å²) < 4.78 is 13.5. The predicted octanol–water partition coefficient (Wildman–Crippen LogP) is 8.77. The summed E-state index contributed by atoms with van der Waals surface area (Å²) in [6.45, 7) is 4.18. The standard InChI is InChI=1S/C33H28Cl2N4O2S/c1-20-18-27(21(2)38(20)30-16-7-22(34)19-28(30)35)32-31(29-6-4-5-17-36-29)37-33(42)39(32)23-8-10-25(11-9-23)41-26-14-12-24(40-3)13-15-26/h4-19,31-32H,1-3H3,(H,37,42)/t31-,32+/m0/s1. The van der Waals surface area contributed by atoms with Gasteiger partial charge in [0.25, 0.3) is 0 Å². The van der Waals surface area contributed by atoms with Gasteiger partial charge >= 0.3 is 0 Å². The molecule has 0 aliphatic carbocycles. The number of hydrogen-bond acceptors (Lipinski definition) is 4. The van der Waals surface area contributed by atoms with Gasteiger partial charge in [0.2, 0.25) is 0 Å². The maximum Gasteiger partial charge on any atom is 0.174 e. The predicted molar refractivity (Wildman–Crippen MR) is 173 cm³/mol. The van der Waals surface area contributed by atoms with Crippen LogP contribution >= 0.6 is 35.4 Å². The zero-order valence-electron chi connectivity index (χ0n) is 23.2. The Balaban J connectivity index is 1.39. The van der Waals surface area contributed by atoms with Gasteiger partial charge in [0.15, 0.2) is 5.11 Å². The zero-order chi connectivity index (χ0) is 29.4. The van der Waals surface area contributed by atoms with Gasteiger partial charge < -0.3 is 24.3 Å². The summed E-state index contributed by atoms with van der Waals surface area (Å²) in [5.41, 5.74) is 5.93. The number of anilines is 1. The normalized spacial score (nSPS) is 16.4. The Kier molecular flexibility index (Phi) is 7.82. The van der Waals surface area contributed by atoms with E-state index in [1.165, 1.54) is 0 Å². The molecule has 3 aromatic carbocycles. The molecule has 2 atom stereocenters. The van der Waals surface area contributed by atoms with Crippen LogP contribution in [0.2, 0.25) is 10.0 Å². The van der Waals surface area contributed by atoms with Crippen molar-refractivity contribution < 1.29 is 9.47 Å². The summed E-state index contributed by atoms with van der Waals surface area (Å²) >= 11 is 18.8. The molecule has 2 aromatic heterocycles. The molecule has 9 heteroatoms. The molecule has 6 rings (SSSR count). The lowest BCUT2D eigenvalue weighted by molar-refractivity contribution is 0.413. The fourth-order valence-electron chi connectivity index (χ4n) is 5.52. The topological polar surface area (TPSA) is 51.6 Å². The first kappa shape index (κ1) is 28.1. The number of ether oxygens (including phenoxy) is 2. The highest BCUT2D eigenvalue weighted by Crippen LogP contribution is 2.44. The van der Waals surface area contributed by atoms with E-state index in [9.17, 15) is 0 Å². The van der Waals surface area contributed by atoms with Crippen LogP contribution in [-0.4, -0.2) is 21.8 Å². The molecule has 0 bridgehead atoms. The number of halogens is 2. The number of aryl methyl sites for hydroxylation is 1. The Hall–Kier alpha value is -4.04. The lowest BCUT2D eigenvalue weighted by Gasteiger charge is -2.28. The highest BCUT2D eigenvalue weighted by Gasteiger charge is 2.42. The van der Waals surface area contributed by atoms with Gasteiger partial charge in [-0.05, 0) is 117 Å². The Bertz CT molecular complexity index is 1740. The van der Waals surface area contributed by atoms with E-state index >= 15 is 0 Å². The monoisotopic (exact) mass is 614 g/mol. The van der Waals surface area contributed by atoms with Gasteiger partial charge in [-0.1, -0.05) is 29.3 Å². The van der Waals surface area contributed by atoms with E-state index in [1.807, 2.05) is 85.1 Å². The largest absolute Gasteiger partial charge is 0.497 e. The van der Waals surface area contributed by atoms with Gasteiger partial charge in [-0.3, -0.25) is 4.98 Å². The molecule has 1 fully saturated rings. The zero-order valence-corrected chi connectivity index (χ0v) is 25.5. The van der Waals surface area contributed by atoms with Crippen LogP contribution in [0, 0.1) is 13.8 Å². The van der Waals surface area contributed by atoms with Crippen LogP contribution in [-0.2, 0) is 0 Å². The van der Waals surface area contributed by atoms with Crippen molar-refractivity contribution in [1.29, 1.82) is 0 Å². The molecular weight excluding hydrogens is 587 g/mol. The van der Waals surface area contributed by atoms with Gasteiger partial charge in [0.1, 0.15) is 17.2 Å². The minimum absolute atomic E-state index is 0.174. The minimum atomic E-state index is -0.177. The summed E-state index contributed by atoms with van der Waals surface area (Å²) in [6.07, 6.45) is 1.81. The second kappa shape index (κ2) is 11.7. The maximum atomic E-state index is 6.66. The number of rotatable bonds is 7. The van der Waals surface area contributed by atoms with Crippen molar-refractivity contribution in [3.05, 3.63) is 130 Å². The van der Waals surface area contributed by atoms with Crippen LogP contribution in [0.5, 0.6) is 17.2 Å². The molecule has 3 heterocycles. The number of hydrogen-bond donors (Lipinski definition) is 1. The van der Waals surface area contributed by atoms with Gasteiger partial charge in [0.05, 0.1) is 35.6 Å². The lowest BCUT2D eigenvalue weighted by atomic mass is 9.96. The van der Waals surface area contributed by atoms with Crippen molar-refractivity contribution in [3.8, 4) is 22.9 Å². The molecule has 0 radical (unpaired) electrons. The molecule has 1 N–H and O–H groups in total. The highest BCUT2D eigenvalue weighted by molar-refractivity contribution is 7.80. The third kappa shape index (κ3) is 5.31. The summed E-state index contributed by atoms with van der Waals surface area (Å²) in [4.78, 5) is 6.85. The average Bonchev–Trinajstić information content (AvgIpc) is 3.49.